The molecule has 224 valence electrons. The van der Waals surface area contributed by atoms with Gasteiger partial charge in [-0.25, -0.2) is 17.8 Å². The van der Waals surface area contributed by atoms with Crippen molar-refractivity contribution in [1.82, 2.24) is 4.98 Å². The van der Waals surface area contributed by atoms with Crippen molar-refractivity contribution < 1.29 is 37.3 Å². The first kappa shape index (κ1) is 31.3. The van der Waals surface area contributed by atoms with Crippen molar-refractivity contribution in [3.63, 3.8) is 0 Å². The number of benzene rings is 2. The minimum atomic E-state index is -4.34. The number of sulfonamides is 1. The van der Waals surface area contributed by atoms with Gasteiger partial charge in [-0.3, -0.25) is 9.10 Å². The van der Waals surface area contributed by atoms with Crippen LogP contribution in [0.15, 0.2) is 53.6 Å². The highest BCUT2D eigenvalue weighted by molar-refractivity contribution is 7.93. The molecule has 0 aliphatic carbocycles. The van der Waals surface area contributed by atoms with Crippen LogP contribution in [0, 0.1) is 5.82 Å². The molecule has 12 heteroatoms. The van der Waals surface area contributed by atoms with E-state index >= 15 is 0 Å². The maximum absolute atomic E-state index is 14.6. The number of aliphatic carboxylic acids is 1. The van der Waals surface area contributed by atoms with Crippen molar-refractivity contribution in [1.29, 1.82) is 0 Å². The number of ether oxygens (including phenoxy) is 2. The van der Waals surface area contributed by atoms with Crippen LogP contribution in [0.25, 0.3) is 11.6 Å². The number of carbonyl (C=O) groups is 1. The van der Waals surface area contributed by atoms with Crippen LogP contribution in [-0.2, 0) is 14.8 Å². The molecule has 0 saturated carbocycles. The molecular weight excluding hydrogens is 587 g/mol. The Bertz CT molecular complexity index is 1590. The zero-order chi connectivity index (χ0) is 30.6. The van der Waals surface area contributed by atoms with Gasteiger partial charge in [0.2, 0.25) is 5.88 Å². The summed E-state index contributed by atoms with van der Waals surface area (Å²) in [5, 5.41) is 18.7. The second kappa shape index (κ2) is 13.1. The smallest absolute Gasteiger partial charge is 0.303 e. The van der Waals surface area contributed by atoms with Crippen LogP contribution in [0.4, 0.5) is 10.1 Å². The summed E-state index contributed by atoms with van der Waals surface area (Å²) in [5.74, 6) is -1.48. The van der Waals surface area contributed by atoms with Gasteiger partial charge in [-0.15, -0.1) is 0 Å². The molecule has 2 aromatic carbocycles. The number of hydrogen-bond acceptors (Lipinski definition) is 7. The predicted molar refractivity (Wildman–Crippen MR) is 158 cm³/mol. The average Bonchev–Trinajstić information content (AvgIpc) is 2.94. The summed E-state index contributed by atoms with van der Waals surface area (Å²) in [4.78, 5) is 15.3. The summed E-state index contributed by atoms with van der Waals surface area (Å²) in [7, 11) is -4.34. The molecule has 1 atom stereocenters. The highest BCUT2D eigenvalue weighted by Crippen LogP contribution is 2.41. The van der Waals surface area contributed by atoms with Crippen LogP contribution in [0.5, 0.6) is 11.6 Å². The monoisotopic (exact) mass is 618 g/mol. The highest BCUT2D eigenvalue weighted by atomic mass is 35.5. The zero-order valence-corrected chi connectivity index (χ0v) is 25.0. The number of aromatic nitrogens is 1. The van der Waals surface area contributed by atoms with Gasteiger partial charge in [0.25, 0.3) is 10.0 Å². The predicted octanol–water partition coefficient (Wildman–Crippen LogP) is 5.75. The number of halogens is 2. The van der Waals surface area contributed by atoms with Gasteiger partial charge in [-0.1, -0.05) is 43.7 Å². The Morgan fingerprint density at radius 1 is 1.29 bits per heavy atom. The van der Waals surface area contributed by atoms with E-state index in [2.05, 4.69) is 4.98 Å². The largest absolute Gasteiger partial charge is 0.486 e. The molecule has 42 heavy (non-hydrogen) atoms. The third-order valence-corrected chi connectivity index (χ3v) is 8.83. The minimum absolute atomic E-state index is 0.0384. The maximum Gasteiger partial charge on any atom is 0.303 e. The Morgan fingerprint density at radius 3 is 2.71 bits per heavy atom. The Labute approximate surface area is 249 Å². The lowest BCUT2D eigenvalue weighted by Gasteiger charge is -2.36. The van der Waals surface area contributed by atoms with Crippen molar-refractivity contribution in [3.05, 3.63) is 76.2 Å². The number of rotatable bonds is 11. The molecule has 3 aromatic rings. The Kier molecular flexibility index (Phi) is 9.75. The summed E-state index contributed by atoms with van der Waals surface area (Å²) in [6.07, 6.45) is 2.33. The standard InChI is InChI=1S/C30H32ClFN2O7S/c1-18(2)21-15-27(30(33-16-21)40-12-11-35)42(38,39)34-17-22(8-10-28(36)37)41-26-9-7-20(14-25(26)34)13-19(3)29-23(31)5-4-6-24(29)32/h4-7,9,13-16,18,22,35H,8,10-12,17H2,1-3H3,(H,36,37). The molecule has 0 amide bonds. The van der Waals surface area contributed by atoms with Gasteiger partial charge in [0, 0.05) is 18.2 Å². The Morgan fingerprint density at radius 2 is 2.05 bits per heavy atom. The molecule has 0 spiro atoms. The van der Waals surface area contributed by atoms with E-state index in [0.717, 1.165) is 4.31 Å². The molecule has 1 aliphatic rings. The molecule has 4 rings (SSSR count). The van der Waals surface area contributed by atoms with E-state index in [1.165, 1.54) is 24.4 Å². The number of hydrogen-bond donors (Lipinski definition) is 2. The topological polar surface area (TPSA) is 126 Å². The van der Waals surface area contributed by atoms with Crippen LogP contribution in [0.3, 0.4) is 0 Å². The Balaban J connectivity index is 1.84. The van der Waals surface area contributed by atoms with Gasteiger partial charge in [0.1, 0.15) is 29.2 Å². The van der Waals surface area contributed by atoms with E-state index < -0.39 is 27.9 Å². The van der Waals surface area contributed by atoms with Crippen LogP contribution < -0.4 is 13.8 Å². The van der Waals surface area contributed by atoms with Crippen molar-refractivity contribution in [2.45, 2.75) is 50.5 Å². The molecule has 0 radical (unpaired) electrons. The summed E-state index contributed by atoms with van der Waals surface area (Å²) in [6.45, 7) is 4.83. The van der Waals surface area contributed by atoms with E-state index in [1.807, 2.05) is 13.8 Å². The van der Waals surface area contributed by atoms with Crippen LogP contribution >= 0.6 is 11.6 Å². The van der Waals surface area contributed by atoms with Gasteiger partial charge < -0.3 is 19.7 Å². The van der Waals surface area contributed by atoms with Gasteiger partial charge in [-0.05, 0) is 66.3 Å². The van der Waals surface area contributed by atoms with Crippen LogP contribution in [0.2, 0.25) is 5.02 Å². The van der Waals surface area contributed by atoms with E-state index in [-0.39, 0.29) is 71.3 Å². The van der Waals surface area contributed by atoms with E-state index in [9.17, 15) is 27.8 Å². The van der Waals surface area contributed by atoms with Gasteiger partial charge in [0.15, 0.2) is 0 Å². The maximum atomic E-state index is 14.6. The van der Waals surface area contributed by atoms with Crippen molar-refractivity contribution >= 4 is 44.9 Å². The molecule has 9 nitrogen and oxygen atoms in total. The third-order valence-electron chi connectivity index (χ3n) is 6.74. The van der Waals surface area contributed by atoms with Crippen LogP contribution in [0.1, 0.15) is 56.2 Å². The average molecular weight is 619 g/mol. The number of anilines is 1. The summed E-state index contributed by atoms with van der Waals surface area (Å²) >= 11 is 6.25. The summed E-state index contributed by atoms with van der Waals surface area (Å²) in [5.41, 5.74) is 2.19. The summed E-state index contributed by atoms with van der Waals surface area (Å²) in [6, 6.07) is 10.8. The van der Waals surface area contributed by atoms with Crippen molar-refractivity contribution in [3.8, 4) is 11.6 Å². The molecular formula is C30H32ClFN2O7S. The molecule has 1 aliphatic heterocycles. The molecule has 2 N–H and O–H groups in total. The fourth-order valence-electron chi connectivity index (χ4n) is 4.59. The molecule has 2 heterocycles. The van der Waals surface area contributed by atoms with Crippen LogP contribution in [-0.4, -0.2) is 55.4 Å². The third kappa shape index (κ3) is 6.86. The number of carboxylic acid groups (broad SMARTS) is 1. The number of aliphatic hydroxyl groups is 1. The highest BCUT2D eigenvalue weighted by Gasteiger charge is 2.37. The lowest BCUT2D eigenvalue weighted by Crippen LogP contribution is -2.44. The lowest BCUT2D eigenvalue weighted by molar-refractivity contribution is -0.137. The number of carboxylic acids is 1. The number of fused-ring (bicyclic) bond motifs is 1. The quantitative estimate of drug-likeness (QED) is 0.260. The van der Waals surface area contributed by atoms with Gasteiger partial charge in [0.05, 0.1) is 23.9 Å². The number of nitrogens with zero attached hydrogens (tertiary/aromatic N) is 2. The number of allylic oxidation sites excluding steroid dienone is 1. The Hall–Kier alpha value is -3.67. The molecule has 0 fully saturated rings. The first-order chi connectivity index (χ1) is 19.9. The minimum Gasteiger partial charge on any atom is -0.486 e. The number of pyridine rings is 1. The fourth-order valence-corrected chi connectivity index (χ4v) is 6.53. The first-order valence-electron chi connectivity index (χ1n) is 13.3. The van der Waals surface area contributed by atoms with Crippen molar-refractivity contribution in [2.75, 3.05) is 24.1 Å². The van der Waals surface area contributed by atoms with Gasteiger partial charge in [-0.2, -0.15) is 0 Å². The molecule has 0 bridgehead atoms. The molecule has 1 unspecified atom stereocenters. The lowest BCUT2D eigenvalue weighted by atomic mass is 10.0. The second-order valence-corrected chi connectivity index (χ2v) is 12.4. The van der Waals surface area contributed by atoms with E-state index in [0.29, 0.717) is 16.7 Å². The first-order valence-corrected chi connectivity index (χ1v) is 15.2. The molecule has 0 saturated heterocycles. The second-order valence-electron chi connectivity index (χ2n) is 10.2. The zero-order valence-electron chi connectivity index (χ0n) is 23.4. The summed E-state index contributed by atoms with van der Waals surface area (Å²) < 4.78 is 55.9. The van der Waals surface area contributed by atoms with Crippen molar-refractivity contribution in [2.24, 2.45) is 0 Å². The molecule has 1 aromatic heterocycles. The SMILES string of the molecule is CC(=Cc1ccc2c(c1)N(S(=O)(=O)c1cc(C(C)C)cnc1OCCO)CC(CCC(=O)O)O2)c1c(F)cccc1Cl. The van der Waals surface area contributed by atoms with Gasteiger partial charge >= 0.3 is 5.97 Å². The van der Waals surface area contributed by atoms with E-state index in [1.54, 1.807) is 37.3 Å². The fraction of sp³-hybridized carbons (Fsp3) is 0.333. The number of aliphatic hydroxyl groups excluding tert-OH is 1. The van der Waals surface area contributed by atoms with E-state index in [4.69, 9.17) is 21.1 Å². The normalized spacial score (nSPS) is 15.4.